The molecule has 0 unspecified atom stereocenters. The van der Waals surface area contributed by atoms with Crippen LogP contribution in [0.4, 0.5) is 0 Å². The molecule has 3 heteroatoms. The number of carbonyl (C=O) groups is 1. The number of aliphatic hydroxyl groups is 1. The second kappa shape index (κ2) is 4.76. The van der Waals surface area contributed by atoms with Gasteiger partial charge in [0.15, 0.2) is 6.10 Å². The van der Waals surface area contributed by atoms with E-state index in [4.69, 9.17) is 5.11 Å². The quantitative estimate of drug-likeness (QED) is 0.534. The Labute approximate surface area is 60.1 Å². The van der Waals surface area contributed by atoms with Gasteiger partial charge in [0.2, 0.25) is 0 Å². The van der Waals surface area contributed by atoms with Crippen LogP contribution in [0, 0.1) is 0 Å². The molecule has 56 valence electrons. The average molecular weight is 141 g/mol. The number of carbonyl (C=O) groups excluding carboxylic acids is 1. The Kier molecular flexibility index (Phi) is 4.24. The molecular formula is C7H11NO2. The molecule has 0 spiro atoms. The zero-order valence-corrected chi connectivity index (χ0v) is 5.71. The van der Waals surface area contributed by atoms with Crippen molar-refractivity contribution in [1.82, 2.24) is 5.32 Å². The van der Waals surface area contributed by atoms with Crippen LogP contribution in [0.15, 0.2) is 25.3 Å². The summed E-state index contributed by atoms with van der Waals surface area (Å²) >= 11 is 0. The molecule has 0 rings (SSSR count). The number of aliphatic hydroxyl groups excluding tert-OH is 1. The second-order valence-electron chi connectivity index (χ2n) is 1.71. The van der Waals surface area contributed by atoms with Crippen molar-refractivity contribution in [2.45, 2.75) is 6.10 Å². The van der Waals surface area contributed by atoms with Crippen molar-refractivity contribution in [2.24, 2.45) is 0 Å². The maximum absolute atomic E-state index is 10.7. The third-order valence-corrected chi connectivity index (χ3v) is 0.913. The van der Waals surface area contributed by atoms with Crippen molar-refractivity contribution in [3.8, 4) is 0 Å². The Morgan fingerprint density at radius 3 is 2.70 bits per heavy atom. The SMILES string of the molecule is C=CCNC(=O)[C@@H](O)C=C. The minimum Gasteiger partial charge on any atom is -0.379 e. The number of nitrogens with one attached hydrogen (secondary N) is 1. The molecule has 2 N–H and O–H groups in total. The van der Waals surface area contributed by atoms with Crippen LogP contribution in [0.1, 0.15) is 0 Å². The summed E-state index contributed by atoms with van der Waals surface area (Å²) in [6, 6.07) is 0. The fourth-order valence-corrected chi connectivity index (χ4v) is 0.384. The summed E-state index contributed by atoms with van der Waals surface area (Å²) in [5.74, 6) is -0.449. The Bertz CT molecular complexity index is 143. The fraction of sp³-hybridized carbons (Fsp3) is 0.286. The van der Waals surface area contributed by atoms with Crippen molar-refractivity contribution in [3.63, 3.8) is 0 Å². The monoisotopic (exact) mass is 141 g/mol. The van der Waals surface area contributed by atoms with Crippen LogP contribution in [0.5, 0.6) is 0 Å². The summed E-state index contributed by atoms with van der Waals surface area (Å²) in [7, 11) is 0. The number of rotatable bonds is 4. The molecule has 0 saturated heterocycles. The highest BCUT2D eigenvalue weighted by Gasteiger charge is 2.07. The molecule has 1 amide bonds. The van der Waals surface area contributed by atoms with Crippen LogP contribution in [0.3, 0.4) is 0 Å². The van der Waals surface area contributed by atoms with Crippen molar-refractivity contribution >= 4 is 5.91 Å². The van der Waals surface area contributed by atoms with E-state index in [1.54, 1.807) is 0 Å². The van der Waals surface area contributed by atoms with Crippen molar-refractivity contribution in [3.05, 3.63) is 25.3 Å². The fourth-order valence-electron chi connectivity index (χ4n) is 0.384. The Morgan fingerprint density at radius 1 is 1.70 bits per heavy atom. The normalized spacial score (nSPS) is 11.7. The molecule has 0 saturated carbocycles. The summed E-state index contributed by atoms with van der Waals surface area (Å²) in [4.78, 5) is 10.7. The standard InChI is InChI=1S/C7H11NO2/c1-3-5-8-7(10)6(9)4-2/h3-4,6,9H,1-2,5H2,(H,8,10)/t6-/m0/s1. The van der Waals surface area contributed by atoms with Gasteiger partial charge >= 0.3 is 0 Å². The van der Waals surface area contributed by atoms with Gasteiger partial charge in [-0.05, 0) is 0 Å². The maximum atomic E-state index is 10.7. The van der Waals surface area contributed by atoms with Crippen LogP contribution < -0.4 is 5.32 Å². The molecule has 0 aromatic carbocycles. The molecule has 0 radical (unpaired) electrons. The third-order valence-electron chi connectivity index (χ3n) is 0.913. The molecule has 0 aliphatic carbocycles. The largest absolute Gasteiger partial charge is 0.379 e. The highest BCUT2D eigenvalue weighted by Crippen LogP contribution is 1.81. The maximum Gasteiger partial charge on any atom is 0.253 e. The van der Waals surface area contributed by atoms with Gasteiger partial charge in [-0.1, -0.05) is 18.7 Å². The predicted molar refractivity (Wildman–Crippen MR) is 39.4 cm³/mol. The minimum atomic E-state index is -1.11. The van der Waals surface area contributed by atoms with E-state index < -0.39 is 12.0 Å². The summed E-state index contributed by atoms with van der Waals surface area (Å²) in [5, 5.41) is 11.2. The van der Waals surface area contributed by atoms with E-state index >= 15 is 0 Å². The molecule has 0 aliphatic rings. The molecule has 3 nitrogen and oxygen atoms in total. The lowest BCUT2D eigenvalue weighted by molar-refractivity contribution is -0.126. The first-order valence-electron chi connectivity index (χ1n) is 2.91. The Balaban J connectivity index is 3.61. The topological polar surface area (TPSA) is 49.3 Å². The Hall–Kier alpha value is -1.09. The summed E-state index contributed by atoms with van der Waals surface area (Å²) in [5.41, 5.74) is 0. The highest BCUT2D eigenvalue weighted by atomic mass is 16.3. The molecule has 0 bridgehead atoms. The lowest BCUT2D eigenvalue weighted by atomic mass is 10.3. The predicted octanol–water partition coefficient (Wildman–Crippen LogP) is -0.164. The van der Waals surface area contributed by atoms with Crippen LogP contribution in [-0.4, -0.2) is 23.7 Å². The smallest absolute Gasteiger partial charge is 0.253 e. The van der Waals surface area contributed by atoms with E-state index in [0.29, 0.717) is 6.54 Å². The first-order chi connectivity index (χ1) is 4.72. The van der Waals surface area contributed by atoms with Crippen LogP contribution in [0.2, 0.25) is 0 Å². The van der Waals surface area contributed by atoms with E-state index in [-0.39, 0.29) is 0 Å². The molecule has 0 aromatic rings. The van der Waals surface area contributed by atoms with Gasteiger partial charge < -0.3 is 10.4 Å². The molecule has 0 fully saturated rings. The second-order valence-corrected chi connectivity index (χ2v) is 1.71. The van der Waals surface area contributed by atoms with E-state index in [2.05, 4.69) is 18.5 Å². The van der Waals surface area contributed by atoms with E-state index in [0.717, 1.165) is 0 Å². The molecule has 0 heterocycles. The van der Waals surface area contributed by atoms with E-state index in [9.17, 15) is 4.79 Å². The molecular weight excluding hydrogens is 130 g/mol. The lowest BCUT2D eigenvalue weighted by Gasteiger charge is -2.03. The summed E-state index contributed by atoms with van der Waals surface area (Å²) in [6.45, 7) is 7.01. The van der Waals surface area contributed by atoms with Gasteiger partial charge in [-0.15, -0.1) is 6.58 Å². The average Bonchev–Trinajstić information content (AvgIpc) is 1.98. The number of hydrogen-bond donors (Lipinski definition) is 2. The number of amides is 1. The molecule has 0 aliphatic heterocycles. The first kappa shape index (κ1) is 8.91. The van der Waals surface area contributed by atoms with Crippen LogP contribution >= 0.6 is 0 Å². The van der Waals surface area contributed by atoms with Crippen molar-refractivity contribution in [2.75, 3.05) is 6.54 Å². The van der Waals surface area contributed by atoms with Gasteiger partial charge in [0.25, 0.3) is 5.91 Å². The van der Waals surface area contributed by atoms with Gasteiger partial charge in [0.1, 0.15) is 0 Å². The Morgan fingerprint density at radius 2 is 2.30 bits per heavy atom. The van der Waals surface area contributed by atoms with Crippen LogP contribution in [-0.2, 0) is 4.79 Å². The highest BCUT2D eigenvalue weighted by molar-refractivity contribution is 5.82. The van der Waals surface area contributed by atoms with Gasteiger partial charge in [0, 0.05) is 6.54 Å². The van der Waals surface area contributed by atoms with Crippen molar-refractivity contribution in [1.29, 1.82) is 0 Å². The molecule has 1 atom stereocenters. The molecule has 0 aromatic heterocycles. The van der Waals surface area contributed by atoms with Gasteiger partial charge in [0.05, 0.1) is 0 Å². The number of hydrogen-bond acceptors (Lipinski definition) is 2. The van der Waals surface area contributed by atoms with Gasteiger partial charge in [-0.2, -0.15) is 0 Å². The minimum absolute atomic E-state index is 0.365. The molecule has 10 heavy (non-hydrogen) atoms. The first-order valence-corrected chi connectivity index (χ1v) is 2.91. The van der Waals surface area contributed by atoms with Gasteiger partial charge in [-0.25, -0.2) is 0 Å². The zero-order valence-electron chi connectivity index (χ0n) is 5.71. The van der Waals surface area contributed by atoms with Crippen LogP contribution in [0.25, 0.3) is 0 Å². The third kappa shape index (κ3) is 3.04. The summed E-state index contributed by atoms with van der Waals surface area (Å²) in [6.07, 6.45) is 1.59. The van der Waals surface area contributed by atoms with Gasteiger partial charge in [-0.3, -0.25) is 4.79 Å². The van der Waals surface area contributed by atoms with E-state index in [1.807, 2.05) is 0 Å². The summed E-state index contributed by atoms with van der Waals surface area (Å²) < 4.78 is 0. The lowest BCUT2D eigenvalue weighted by Crippen LogP contribution is -2.32. The van der Waals surface area contributed by atoms with Crippen molar-refractivity contribution < 1.29 is 9.90 Å². The van der Waals surface area contributed by atoms with E-state index in [1.165, 1.54) is 12.2 Å². The zero-order chi connectivity index (χ0) is 7.98.